The molecular formula is C10H5F2NO2. The van der Waals surface area contributed by atoms with Crippen molar-refractivity contribution in [3.63, 3.8) is 0 Å². The molecule has 1 aromatic heterocycles. The molecule has 0 unspecified atom stereocenters. The summed E-state index contributed by atoms with van der Waals surface area (Å²) in [6.45, 7) is 0. The third-order valence-electron chi connectivity index (χ3n) is 1.86. The van der Waals surface area contributed by atoms with Gasteiger partial charge in [-0.05, 0) is 12.1 Å². The van der Waals surface area contributed by atoms with E-state index < -0.39 is 11.6 Å². The maximum atomic E-state index is 13.2. The molecule has 15 heavy (non-hydrogen) atoms. The van der Waals surface area contributed by atoms with E-state index >= 15 is 0 Å². The lowest BCUT2D eigenvalue weighted by molar-refractivity contribution is 0.111. The molecule has 0 aliphatic heterocycles. The van der Waals surface area contributed by atoms with E-state index in [9.17, 15) is 13.6 Å². The van der Waals surface area contributed by atoms with Gasteiger partial charge in [-0.3, -0.25) is 4.79 Å². The molecular weight excluding hydrogens is 204 g/mol. The van der Waals surface area contributed by atoms with E-state index in [-0.39, 0.29) is 17.0 Å². The van der Waals surface area contributed by atoms with Crippen molar-refractivity contribution in [3.8, 4) is 11.3 Å². The van der Waals surface area contributed by atoms with Crippen LogP contribution < -0.4 is 0 Å². The molecule has 0 atom stereocenters. The first kappa shape index (κ1) is 9.51. The minimum atomic E-state index is -0.761. The fourth-order valence-corrected chi connectivity index (χ4v) is 1.20. The van der Waals surface area contributed by atoms with Crippen molar-refractivity contribution >= 4 is 6.29 Å². The van der Waals surface area contributed by atoms with Crippen molar-refractivity contribution in [3.05, 3.63) is 41.6 Å². The number of nitrogens with zero attached hydrogens (tertiary/aromatic N) is 1. The Labute approximate surface area is 83.3 Å². The minimum Gasteiger partial charge on any atom is -0.355 e. The molecule has 0 spiro atoms. The van der Waals surface area contributed by atoms with Gasteiger partial charge in [-0.25, -0.2) is 8.78 Å². The van der Waals surface area contributed by atoms with Crippen molar-refractivity contribution in [1.29, 1.82) is 0 Å². The van der Waals surface area contributed by atoms with Crippen molar-refractivity contribution < 1.29 is 18.1 Å². The van der Waals surface area contributed by atoms with Crippen LogP contribution in [0, 0.1) is 11.6 Å². The van der Waals surface area contributed by atoms with Crippen molar-refractivity contribution in [2.45, 2.75) is 0 Å². The Morgan fingerprint density at radius 3 is 2.47 bits per heavy atom. The van der Waals surface area contributed by atoms with Crippen LogP contribution in [0.15, 0.2) is 28.8 Å². The van der Waals surface area contributed by atoms with Crippen LogP contribution in [0.2, 0.25) is 0 Å². The van der Waals surface area contributed by atoms with E-state index in [4.69, 9.17) is 0 Å². The number of hydrogen-bond acceptors (Lipinski definition) is 3. The molecule has 0 saturated carbocycles. The molecule has 0 fully saturated rings. The first-order valence-electron chi connectivity index (χ1n) is 4.08. The van der Waals surface area contributed by atoms with Crippen LogP contribution in [0.4, 0.5) is 8.78 Å². The van der Waals surface area contributed by atoms with E-state index in [1.165, 1.54) is 12.1 Å². The third-order valence-corrected chi connectivity index (χ3v) is 1.86. The number of hydrogen-bond donors (Lipinski definition) is 0. The molecule has 0 bridgehead atoms. The van der Waals surface area contributed by atoms with Crippen molar-refractivity contribution in [2.24, 2.45) is 0 Å². The summed E-state index contributed by atoms with van der Waals surface area (Å²) in [5, 5.41) is 3.32. The second-order valence-electron chi connectivity index (χ2n) is 2.83. The summed E-state index contributed by atoms with van der Waals surface area (Å²) in [6, 6.07) is 4.61. The second kappa shape index (κ2) is 3.61. The van der Waals surface area contributed by atoms with Gasteiger partial charge in [0.1, 0.15) is 17.3 Å². The molecule has 76 valence electrons. The van der Waals surface area contributed by atoms with Gasteiger partial charge in [0.25, 0.3) is 0 Å². The Morgan fingerprint density at radius 1 is 1.27 bits per heavy atom. The van der Waals surface area contributed by atoms with Crippen LogP contribution in [-0.4, -0.2) is 11.4 Å². The summed E-state index contributed by atoms with van der Waals surface area (Å²) >= 11 is 0. The van der Waals surface area contributed by atoms with E-state index in [1.54, 1.807) is 0 Å². The minimum absolute atomic E-state index is 0.00680. The highest BCUT2D eigenvalue weighted by molar-refractivity contribution is 5.74. The second-order valence-corrected chi connectivity index (χ2v) is 2.83. The standard InChI is InChI=1S/C10H5F2NO2/c11-7-2-1-3-8(12)10(7)9-4-6(5-14)13-15-9/h1-5H. The van der Waals surface area contributed by atoms with Crippen LogP contribution in [0.1, 0.15) is 10.5 Å². The SMILES string of the molecule is O=Cc1cc(-c2c(F)cccc2F)on1. The zero-order valence-corrected chi connectivity index (χ0v) is 7.41. The summed E-state index contributed by atoms with van der Waals surface area (Å²) in [5.74, 6) is -1.63. The predicted molar refractivity (Wildman–Crippen MR) is 47.2 cm³/mol. The number of benzene rings is 1. The van der Waals surface area contributed by atoms with Gasteiger partial charge in [-0.1, -0.05) is 11.2 Å². The molecule has 2 aromatic rings. The first-order chi connectivity index (χ1) is 7.22. The third kappa shape index (κ3) is 1.63. The monoisotopic (exact) mass is 209 g/mol. The Morgan fingerprint density at radius 2 is 1.93 bits per heavy atom. The molecule has 0 aliphatic rings. The van der Waals surface area contributed by atoms with Crippen molar-refractivity contribution in [1.82, 2.24) is 5.16 Å². The summed E-state index contributed by atoms with van der Waals surface area (Å²) in [4.78, 5) is 10.3. The Hall–Kier alpha value is -2.04. The molecule has 0 radical (unpaired) electrons. The van der Waals surface area contributed by atoms with E-state index in [0.29, 0.717) is 6.29 Å². The Kier molecular flexibility index (Phi) is 2.29. The quantitative estimate of drug-likeness (QED) is 0.713. The predicted octanol–water partition coefficient (Wildman–Crippen LogP) is 2.43. The fraction of sp³-hybridized carbons (Fsp3) is 0. The summed E-state index contributed by atoms with van der Waals surface area (Å²) < 4.78 is 31.1. The number of carbonyl (C=O) groups excluding carboxylic acids is 1. The molecule has 5 heteroatoms. The van der Waals surface area contributed by atoms with Gasteiger partial charge in [-0.15, -0.1) is 0 Å². The molecule has 1 heterocycles. The largest absolute Gasteiger partial charge is 0.355 e. The van der Waals surface area contributed by atoms with Crippen LogP contribution in [0.5, 0.6) is 0 Å². The van der Waals surface area contributed by atoms with Crippen LogP contribution >= 0.6 is 0 Å². The van der Waals surface area contributed by atoms with Gasteiger partial charge >= 0.3 is 0 Å². The number of aldehydes is 1. The fourth-order valence-electron chi connectivity index (χ4n) is 1.20. The normalized spacial score (nSPS) is 10.3. The highest BCUT2D eigenvalue weighted by Crippen LogP contribution is 2.25. The number of carbonyl (C=O) groups is 1. The van der Waals surface area contributed by atoms with Crippen LogP contribution in [-0.2, 0) is 0 Å². The smallest absolute Gasteiger partial charge is 0.173 e. The molecule has 0 aliphatic carbocycles. The van der Waals surface area contributed by atoms with Crippen molar-refractivity contribution in [2.75, 3.05) is 0 Å². The molecule has 1 aromatic carbocycles. The summed E-state index contributed by atoms with van der Waals surface area (Å²) in [6.07, 6.45) is 0.436. The van der Waals surface area contributed by atoms with E-state index in [2.05, 4.69) is 9.68 Å². The van der Waals surface area contributed by atoms with Gasteiger partial charge in [0.05, 0.1) is 5.56 Å². The van der Waals surface area contributed by atoms with Crippen LogP contribution in [0.3, 0.4) is 0 Å². The topological polar surface area (TPSA) is 43.1 Å². The van der Waals surface area contributed by atoms with Crippen LogP contribution in [0.25, 0.3) is 11.3 Å². The molecule has 0 N–H and O–H groups in total. The average molecular weight is 209 g/mol. The number of rotatable bonds is 2. The average Bonchev–Trinajstić information content (AvgIpc) is 2.66. The number of halogens is 2. The first-order valence-corrected chi connectivity index (χ1v) is 4.08. The molecule has 0 amide bonds. The lowest BCUT2D eigenvalue weighted by atomic mass is 10.1. The molecule has 0 saturated heterocycles. The summed E-state index contributed by atoms with van der Waals surface area (Å²) in [7, 11) is 0. The van der Waals surface area contributed by atoms with E-state index in [0.717, 1.165) is 12.1 Å². The Bertz CT molecular complexity index is 488. The summed E-state index contributed by atoms with van der Waals surface area (Å²) in [5.41, 5.74) is -0.328. The highest BCUT2D eigenvalue weighted by Gasteiger charge is 2.15. The van der Waals surface area contributed by atoms with Gasteiger partial charge in [0.2, 0.25) is 0 Å². The Balaban J connectivity index is 2.58. The highest BCUT2D eigenvalue weighted by atomic mass is 19.1. The molecule has 3 nitrogen and oxygen atoms in total. The molecule has 2 rings (SSSR count). The van der Waals surface area contributed by atoms with Gasteiger partial charge in [0.15, 0.2) is 12.0 Å². The van der Waals surface area contributed by atoms with Gasteiger partial charge in [0, 0.05) is 6.07 Å². The van der Waals surface area contributed by atoms with Gasteiger partial charge in [-0.2, -0.15) is 0 Å². The lowest BCUT2D eigenvalue weighted by Crippen LogP contribution is -1.87. The maximum Gasteiger partial charge on any atom is 0.173 e. The van der Waals surface area contributed by atoms with Gasteiger partial charge < -0.3 is 4.52 Å². The lowest BCUT2D eigenvalue weighted by Gasteiger charge is -1.98. The number of aromatic nitrogens is 1. The maximum absolute atomic E-state index is 13.2. The zero-order valence-electron chi connectivity index (χ0n) is 7.41. The zero-order chi connectivity index (χ0) is 10.8. The van der Waals surface area contributed by atoms with E-state index in [1.807, 2.05) is 0 Å².